The van der Waals surface area contributed by atoms with Gasteiger partial charge in [-0.1, -0.05) is 0 Å². The molecule has 6 aromatic rings. The van der Waals surface area contributed by atoms with E-state index in [2.05, 4.69) is 0 Å². The van der Waals surface area contributed by atoms with Gasteiger partial charge >= 0.3 is 316 Å². The first-order valence-electron chi connectivity index (χ1n) is 15.5. The van der Waals surface area contributed by atoms with Gasteiger partial charge in [0.05, 0.1) is 0 Å². The van der Waals surface area contributed by atoms with Crippen molar-refractivity contribution in [3.05, 3.63) is 129 Å². The summed E-state index contributed by atoms with van der Waals surface area (Å²) in [6, 6.07) is 23.6. The number of aromatic nitrogens is 2. The van der Waals surface area contributed by atoms with Crippen LogP contribution in [-0.4, -0.2) is 47.1 Å². The second-order valence-corrected chi connectivity index (χ2v) is 13.6. The van der Waals surface area contributed by atoms with Gasteiger partial charge in [0, 0.05) is 0 Å². The van der Waals surface area contributed by atoms with E-state index in [1.165, 1.54) is 14.2 Å². The number of nitrogens with zero attached hydrogens (tertiary/aromatic N) is 2. The summed E-state index contributed by atoms with van der Waals surface area (Å²) in [5.74, 6) is -0.706. The Morgan fingerprint density at radius 3 is 1.31 bits per heavy atom. The molecule has 0 aliphatic rings. The number of fused-ring (bicyclic) bond motifs is 2. The fourth-order valence-electron chi connectivity index (χ4n) is 6.02. The fourth-order valence-corrected chi connectivity index (χ4v) is 7.08. The Labute approximate surface area is 314 Å². The van der Waals surface area contributed by atoms with E-state index in [1.807, 2.05) is 0 Å². The van der Waals surface area contributed by atoms with E-state index in [-0.39, 0.29) is 24.7 Å². The molecule has 0 fully saturated rings. The van der Waals surface area contributed by atoms with E-state index in [0.29, 0.717) is 77.0 Å². The summed E-state index contributed by atoms with van der Waals surface area (Å²) in [5.41, 5.74) is 4.31. The third-order valence-corrected chi connectivity index (χ3v) is 10.4. The van der Waals surface area contributed by atoms with Gasteiger partial charge < -0.3 is 0 Å². The first kappa shape index (κ1) is 36.0. The average Bonchev–Trinajstić information content (AvgIpc) is 3.55. The molecule has 0 N–H and O–H groups in total. The van der Waals surface area contributed by atoms with Crippen molar-refractivity contribution in [1.29, 1.82) is 0 Å². The molecule has 262 valence electrons. The summed E-state index contributed by atoms with van der Waals surface area (Å²) in [5, 5.41) is 2.31. The summed E-state index contributed by atoms with van der Waals surface area (Å²) < 4.78 is 24.8. The number of halogens is 3. The standard InChI is InChI=1S/C38H30Cl2IN2O8/c1-21-29(31-17-27(48-3)13-15-33(31)42(21)37(46)23-5-9-25(39)10-6-23)19-35(44)50-41-51-36(45)20-30-22(2)43(34-16-14-28(49-4)18-32(30)34)38(47)24-7-11-26(40)12-8-24/h5-18H,19-20H2,1-4H3/q-1. The van der Waals surface area contributed by atoms with E-state index < -0.39 is 34.0 Å². The Bertz CT molecular complexity index is 2170. The normalized spacial score (nSPS) is 11.2. The second kappa shape index (κ2) is 15.2. The molecule has 0 aliphatic carbocycles. The molecule has 0 saturated carbocycles. The Hall–Kier alpha value is -4.85. The van der Waals surface area contributed by atoms with Gasteiger partial charge in [-0.15, -0.1) is 0 Å². The predicted molar refractivity (Wildman–Crippen MR) is 188 cm³/mol. The molecule has 13 heteroatoms. The topological polar surface area (TPSA) is 115 Å². The Morgan fingerprint density at radius 2 is 0.961 bits per heavy atom. The molecule has 0 amide bonds. The average molecular weight is 840 g/mol. The SMILES string of the molecule is COc1ccc2c(c1)c(CC(=O)O[I-]OC(=O)Cc1c(C)n(C(=O)c3ccc(Cl)cc3)c3ccc(OC)cc13)c(C)n2C(=O)c1ccc(Cl)cc1. The number of hydrogen-bond acceptors (Lipinski definition) is 8. The Kier molecular flexibility index (Phi) is 10.7. The van der Waals surface area contributed by atoms with Crippen molar-refractivity contribution in [2.45, 2.75) is 26.7 Å². The monoisotopic (exact) mass is 839 g/mol. The Morgan fingerprint density at radius 1 is 0.588 bits per heavy atom. The summed E-state index contributed by atoms with van der Waals surface area (Å²) in [6.07, 6.45) is -0.347. The first-order chi connectivity index (χ1) is 24.5. The molecule has 10 nitrogen and oxygen atoms in total. The van der Waals surface area contributed by atoms with Gasteiger partial charge in [-0.2, -0.15) is 0 Å². The van der Waals surface area contributed by atoms with Crippen molar-refractivity contribution >= 4 is 68.8 Å². The van der Waals surface area contributed by atoms with Crippen molar-refractivity contribution in [2.75, 3.05) is 14.2 Å². The molecule has 0 radical (unpaired) electrons. The molecule has 51 heavy (non-hydrogen) atoms. The van der Waals surface area contributed by atoms with Gasteiger partial charge in [-0.25, -0.2) is 0 Å². The van der Waals surface area contributed by atoms with Gasteiger partial charge in [-0.05, 0) is 0 Å². The summed E-state index contributed by atoms with van der Waals surface area (Å²) in [7, 11) is 3.06. The number of carbonyl (C=O) groups is 4. The molecule has 2 aromatic heterocycles. The minimum absolute atomic E-state index is 0.174. The molecule has 2 heterocycles. The van der Waals surface area contributed by atoms with Crippen molar-refractivity contribution < 1.29 is 56.8 Å². The zero-order valence-electron chi connectivity index (χ0n) is 27.8. The van der Waals surface area contributed by atoms with Crippen LogP contribution in [0, 0.1) is 13.8 Å². The number of ether oxygens (including phenoxy) is 2. The number of hydrogen-bond donors (Lipinski definition) is 0. The van der Waals surface area contributed by atoms with Gasteiger partial charge in [0.25, 0.3) is 0 Å². The number of carbonyl (C=O) groups excluding carboxylic acids is 4. The van der Waals surface area contributed by atoms with E-state index in [0.717, 1.165) is 0 Å². The van der Waals surface area contributed by atoms with E-state index in [9.17, 15) is 19.2 Å². The van der Waals surface area contributed by atoms with Crippen LogP contribution in [-0.2, 0) is 28.6 Å². The maximum absolute atomic E-state index is 13.6. The van der Waals surface area contributed by atoms with Crippen LogP contribution in [0.1, 0.15) is 43.2 Å². The van der Waals surface area contributed by atoms with Gasteiger partial charge in [-0.3, -0.25) is 0 Å². The van der Waals surface area contributed by atoms with Crippen molar-refractivity contribution in [1.82, 2.24) is 9.13 Å². The molecule has 6 rings (SSSR count). The van der Waals surface area contributed by atoms with Crippen LogP contribution in [0.4, 0.5) is 0 Å². The van der Waals surface area contributed by atoms with Crippen LogP contribution in [0.15, 0.2) is 84.9 Å². The minimum atomic E-state index is -1.79. The van der Waals surface area contributed by atoms with Crippen molar-refractivity contribution in [3.8, 4) is 11.5 Å². The van der Waals surface area contributed by atoms with E-state index in [1.54, 1.807) is 108 Å². The molecular weight excluding hydrogens is 810 g/mol. The zero-order chi connectivity index (χ0) is 36.4. The maximum atomic E-state index is 13.6. The second-order valence-electron chi connectivity index (χ2n) is 11.5. The quantitative estimate of drug-likeness (QED) is 0.183. The van der Waals surface area contributed by atoms with Crippen molar-refractivity contribution in [3.63, 3.8) is 0 Å². The molecule has 0 unspecified atom stereocenters. The van der Waals surface area contributed by atoms with E-state index in [4.69, 9.17) is 38.8 Å². The molecule has 4 aromatic carbocycles. The number of benzene rings is 4. The molecule has 0 aliphatic heterocycles. The zero-order valence-corrected chi connectivity index (χ0v) is 31.5. The summed E-state index contributed by atoms with van der Waals surface area (Å²) in [6.45, 7) is 3.51. The van der Waals surface area contributed by atoms with Crippen LogP contribution in [0.2, 0.25) is 10.0 Å². The van der Waals surface area contributed by atoms with Gasteiger partial charge in [0.15, 0.2) is 0 Å². The molecule has 0 atom stereocenters. The molecule has 0 bridgehead atoms. The fraction of sp³-hybridized carbons (Fsp3) is 0.158. The van der Waals surface area contributed by atoms with Crippen LogP contribution in [0.25, 0.3) is 21.8 Å². The van der Waals surface area contributed by atoms with Gasteiger partial charge in [0.2, 0.25) is 0 Å². The van der Waals surface area contributed by atoms with Gasteiger partial charge in [0.1, 0.15) is 0 Å². The van der Waals surface area contributed by atoms with Crippen LogP contribution >= 0.6 is 23.2 Å². The van der Waals surface area contributed by atoms with Crippen LogP contribution in [0.5, 0.6) is 11.5 Å². The van der Waals surface area contributed by atoms with E-state index >= 15 is 0 Å². The molecular formula is C38H30Cl2IN2O8-. The number of rotatable bonds is 10. The third-order valence-electron chi connectivity index (χ3n) is 8.55. The predicted octanol–water partition coefficient (Wildman–Crippen LogP) is 4.70. The summed E-state index contributed by atoms with van der Waals surface area (Å²) >= 11 is 10.3. The van der Waals surface area contributed by atoms with Crippen LogP contribution in [0.3, 0.4) is 0 Å². The third kappa shape index (κ3) is 7.32. The summed E-state index contributed by atoms with van der Waals surface area (Å²) in [4.78, 5) is 53.5. The Balaban J connectivity index is 1.18. The number of methoxy groups -OCH3 is 2. The molecule has 0 spiro atoms. The first-order valence-corrected chi connectivity index (χ1v) is 18.0. The van der Waals surface area contributed by atoms with Crippen LogP contribution < -0.4 is 31.5 Å². The molecule has 0 saturated heterocycles. The van der Waals surface area contributed by atoms with Crippen molar-refractivity contribution in [2.24, 2.45) is 0 Å².